The van der Waals surface area contributed by atoms with Crippen molar-refractivity contribution in [3.05, 3.63) is 48.0 Å². The Bertz CT molecular complexity index is 920. The van der Waals surface area contributed by atoms with Crippen LogP contribution in [0.1, 0.15) is 18.4 Å². The minimum atomic E-state index is -0.735. The second-order valence-corrected chi connectivity index (χ2v) is 7.19. The van der Waals surface area contributed by atoms with Crippen molar-refractivity contribution in [2.75, 3.05) is 39.8 Å². The van der Waals surface area contributed by atoms with E-state index in [1.165, 1.54) is 0 Å². The van der Waals surface area contributed by atoms with Crippen LogP contribution in [0.5, 0.6) is 17.2 Å². The molecule has 2 aliphatic rings. The summed E-state index contributed by atoms with van der Waals surface area (Å²) in [5, 5.41) is 8.83. The van der Waals surface area contributed by atoms with Gasteiger partial charge in [-0.2, -0.15) is 0 Å². The van der Waals surface area contributed by atoms with Gasteiger partial charge < -0.3 is 19.5 Å². The summed E-state index contributed by atoms with van der Waals surface area (Å²) >= 11 is 0. The van der Waals surface area contributed by atoms with Gasteiger partial charge in [-0.3, -0.25) is 9.69 Å². The summed E-state index contributed by atoms with van der Waals surface area (Å²) in [5.41, 5.74) is 1.72. The lowest BCUT2D eigenvalue weighted by atomic mass is 10.1. The molecule has 2 heterocycles. The molecule has 29 heavy (non-hydrogen) atoms. The van der Waals surface area contributed by atoms with Crippen LogP contribution in [0.25, 0.3) is 0 Å². The third-order valence-corrected chi connectivity index (χ3v) is 5.28. The van der Waals surface area contributed by atoms with Gasteiger partial charge in [-0.1, -0.05) is 12.1 Å². The number of carboxylic acid groups (broad SMARTS) is 1. The standard InChI is InChI=1S/C22H25N3O4/c1-28-16-8-9-19-17(15-16)22(23-18-5-2-3-6-20(18)29-19)25-13-11-24(12-14-25)10-4-7-21(26)27/h2-3,5-6,8-9,15H,4,7,10-14H2,1H3,(H,26,27). The van der Waals surface area contributed by atoms with Crippen LogP contribution in [0.2, 0.25) is 0 Å². The van der Waals surface area contributed by atoms with Crippen molar-refractivity contribution in [1.29, 1.82) is 0 Å². The van der Waals surface area contributed by atoms with Gasteiger partial charge >= 0.3 is 5.97 Å². The highest BCUT2D eigenvalue weighted by Crippen LogP contribution is 2.39. The molecule has 4 rings (SSSR count). The van der Waals surface area contributed by atoms with Crippen molar-refractivity contribution in [3.8, 4) is 17.2 Å². The molecule has 0 spiro atoms. The van der Waals surface area contributed by atoms with Crippen molar-refractivity contribution >= 4 is 17.5 Å². The van der Waals surface area contributed by atoms with E-state index < -0.39 is 5.97 Å². The summed E-state index contributed by atoms with van der Waals surface area (Å²) in [5.74, 6) is 2.41. The highest BCUT2D eigenvalue weighted by Gasteiger charge is 2.26. The zero-order valence-electron chi connectivity index (χ0n) is 16.5. The number of hydrogen-bond acceptors (Lipinski definition) is 6. The molecular weight excluding hydrogens is 370 g/mol. The molecule has 0 atom stereocenters. The Kier molecular flexibility index (Phi) is 5.67. The van der Waals surface area contributed by atoms with Crippen molar-refractivity contribution < 1.29 is 19.4 Å². The normalized spacial score (nSPS) is 16.2. The minimum Gasteiger partial charge on any atom is -0.497 e. The molecule has 0 radical (unpaired) electrons. The molecule has 1 N–H and O–H groups in total. The summed E-state index contributed by atoms with van der Waals surface area (Å²) in [6.45, 7) is 4.21. The fraction of sp³-hybridized carbons (Fsp3) is 0.364. The summed E-state index contributed by atoms with van der Waals surface area (Å²) < 4.78 is 11.6. The molecule has 1 fully saturated rings. The lowest BCUT2D eigenvalue weighted by Gasteiger charge is -2.36. The molecule has 2 aliphatic heterocycles. The summed E-state index contributed by atoms with van der Waals surface area (Å²) in [4.78, 5) is 20.3. The molecule has 1 saturated heterocycles. The van der Waals surface area contributed by atoms with Crippen LogP contribution in [0.4, 0.5) is 5.69 Å². The maximum atomic E-state index is 10.7. The average molecular weight is 395 g/mol. The Morgan fingerprint density at radius 3 is 2.69 bits per heavy atom. The van der Waals surface area contributed by atoms with E-state index in [1.807, 2.05) is 42.5 Å². The molecular formula is C22H25N3O4. The monoisotopic (exact) mass is 395 g/mol. The van der Waals surface area contributed by atoms with Crippen molar-refractivity contribution in [2.45, 2.75) is 12.8 Å². The van der Waals surface area contributed by atoms with Gasteiger partial charge in [-0.15, -0.1) is 0 Å². The van der Waals surface area contributed by atoms with Crippen molar-refractivity contribution in [1.82, 2.24) is 9.80 Å². The number of hydrogen-bond donors (Lipinski definition) is 1. The molecule has 0 bridgehead atoms. The Balaban J connectivity index is 1.57. The summed E-state index contributed by atoms with van der Waals surface area (Å²) in [6.07, 6.45) is 0.895. The van der Waals surface area contributed by atoms with Gasteiger partial charge in [0.05, 0.1) is 12.7 Å². The summed E-state index contributed by atoms with van der Waals surface area (Å²) in [7, 11) is 1.65. The lowest BCUT2D eigenvalue weighted by molar-refractivity contribution is -0.137. The number of amidine groups is 1. The van der Waals surface area contributed by atoms with E-state index in [2.05, 4.69) is 9.80 Å². The number of rotatable bonds is 5. The first-order valence-electron chi connectivity index (χ1n) is 9.87. The predicted octanol–water partition coefficient (Wildman–Crippen LogP) is 3.36. The SMILES string of the molecule is COc1ccc2c(c1)C(N1CCN(CCCC(=O)O)CC1)=Nc1ccccc1O2. The van der Waals surface area contributed by atoms with Crippen molar-refractivity contribution in [2.24, 2.45) is 4.99 Å². The third kappa shape index (κ3) is 4.35. The van der Waals surface area contributed by atoms with Gasteiger partial charge in [0.2, 0.25) is 0 Å². The molecule has 7 nitrogen and oxygen atoms in total. The fourth-order valence-electron chi connectivity index (χ4n) is 3.71. The van der Waals surface area contributed by atoms with Crippen LogP contribution in [0.15, 0.2) is 47.5 Å². The van der Waals surface area contributed by atoms with E-state index in [1.54, 1.807) is 7.11 Å². The molecule has 0 amide bonds. The average Bonchev–Trinajstić information content (AvgIpc) is 2.90. The number of benzene rings is 2. The van der Waals surface area contributed by atoms with Crippen molar-refractivity contribution in [3.63, 3.8) is 0 Å². The quantitative estimate of drug-likeness (QED) is 0.837. The molecule has 0 saturated carbocycles. The second kappa shape index (κ2) is 8.53. The van der Waals surface area contributed by atoms with Crippen LogP contribution in [0, 0.1) is 0 Å². The van der Waals surface area contributed by atoms with E-state index in [9.17, 15) is 4.79 Å². The predicted molar refractivity (Wildman–Crippen MR) is 111 cm³/mol. The summed E-state index contributed by atoms with van der Waals surface area (Å²) in [6, 6.07) is 13.6. The molecule has 0 unspecified atom stereocenters. The molecule has 2 aromatic rings. The molecule has 0 aliphatic carbocycles. The van der Waals surface area contributed by atoms with E-state index >= 15 is 0 Å². The number of piperazine rings is 1. The topological polar surface area (TPSA) is 74.6 Å². The van der Waals surface area contributed by atoms with E-state index in [0.717, 1.165) is 67.1 Å². The molecule has 152 valence electrons. The van der Waals surface area contributed by atoms with Crippen LogP contribution in [-0.2, 0) is 4.79 Å². The number of methoxy groups -OCH3 is 1. The van der Waals surface area contributed by atoms with Gasteiger partial charge in [0.25, 0.3) is 0 Å². The lowest BCUT2D eigenvalue weighted by Crippen LogP contribution is -2.49. The number of aliphatic carboxylic acids is 1. The fourth-order valence-corrected chi connectivity index (χ4v) is 3.71. The van der Waals surface area contributed by atoms with Gasteiger partial charge in [0, 0.05) is 32.6 Å². The highest BCUT2D eigenvalue weighted by atomic mass is 16.5. The second-order valence-electron chi connectivity index (χ2n) is 7.19. The van der Waals surface area contributed by atoms with Crippen LogP contribution < -0.4 is 9.47 Å². The zero-order valence-corrected chi connectivity index (χ0v) is 16.5. The number of ether oxygens (including phenoxy) is 2. The molecule has 0 aromatic heterocycles. The Morgan fingerprint density at radius 1 is 1.14 bits per heavy atom. The third-order valence-electron chi connectivity index (χ3n) is 5.28. The molecule has 2 aromatic carbocycles. The molecule has 7 heteroatoms. The first-order valence-corrected chi connectivity index (χ1v) is 9.87. The number of carboxylic acids is 1. The van der Waals surface area contributed by atoms with Crippen LogP contribution in [0.3, 0.4) is 0 Å². The minimum absolute atomic E-state index is 0.216. The van der Waals surface area contributed by atoms with E-state index in [0.29, 0.717) is 6.42 Å². The number of aliphatic imine (C=N–C) groups is 1. The number of fused-ring (bicyclic) bond motifs is 2. The van der Waals surface area contributed by atoms with Crippen LogP contribution in [-0.4, -0.2) is 66.5 Å². The van der Waals surface area contributed by atoms with E-state index in [4.69, 9.17) is 19.6 Å². The number of para-hydroxylation sites is 2. The van der Waals surface area contributed by atoms with Gasteiger partial charge in [-0.05, 0) is 43.3 Å². The Hall–Kier alpha value is -3.06. The largest absolute Gasteiger partial charge is 0.497 e. The van der Waals surface area contributed by atoms with Crippen LogP contribution >= 0.6 is 0 Å². The zero-order chi connectivity index (χ0) is 20.2. The highest BCUT2D eigenvalue weighted by molar-refractivity contribution is 6.04. The smallest absolute Gasteiger partial charge is 0.303 e. The number of carbonyl (C=O) groups is 1. The van der Waals surface area contributed by atoms with Gasteiger partial charge in [0.15, 0.2) is 5.75 Å². The maximum absolute atomic E-state index is 10.7. The maximum Gasteiger partial charge on any atom is 0.303 e. The van der Waals surface area contributed by atoms with E-state index in [-0.39, 0.29) is 6.42 Å². The first-order chi connectivity index (χ1) is 14.1. The Morgan fingerprint density at radius 2 is 1.93 bits per heavy atom. The first kappa shape index (κ1) is 19.3. The Labute approximate surface area is 170 Å². The van der Waals surface area contributed by atoms with Gasteiger partial charge in [-0.25, -0.2) is 4.99 Å². The van der Waals surface area contributed by atoms with Gasteiger partial charge in [0.1, 0.15) is 23.0 Å². The number of nitrogens with zero attached hydrogens (tertiary/aromatic N) is 3.